The molecule has 2 aromatic rings. The smallest absolute Gasteiger partial charge is 0.0208 e. The Balaban J connectivity index is 2.03. The minimum atomic E-state index is 1.02. The van der Waals surface area contributed by atoms with Crippen molar-refractivity contribution in [3.8, 4) is 11.1 Å². The van der Waals surface area contributed by atoms with Crippen LogP contribution in [0.2, 0.25) is 0 Å². The summed E-state index contributed by atoms with van der Waals surface area (Å²) in [5, 5.41) is 3.40. The van der Waals surface area contributed by atoms with Crippen LogP contribution in [0.15, 0.2) is 48.5 Å². The predicted octanol–water partition coefficient (Wildman–Crippen LogP) is 3.00. The van der Waals surface area contributed by atoms with Crippen molar-refractivity contribution < 1.29 is 0 Å². The van der Waals surface area contributed by atoms with Crippen molar-refractivity contribution in [2.75, 3.05) is 6.54 Å². The Kier molecular flexibility index (Phi) is 2.47. The minimum Gasteiger partial charge on any atom is -0.312 e. The van der Waals surface area contributed by atoms with Crippen molar-refractivity contribution in [3.05, 3.63) is 59.7 Å². The molecule has 0 spiro atoms. The molecule has 0 amide bonds. The summed E-state index contributed by atoms with van der Waals surface area (Å²) in [7, 11) is 0. The third kappa shape index (κ3) is 1.74. The van der Waals surface area contributed by atoms with E-state index in [1.807, 2.05) is 0 Å². The van der Waals surface area contributed by atoms with Crippen LogP contribution in [-0.2, 0) is 13.0 Å². The molecule has 1 heteroatoms. The lowest BCUT2D eigenvalue weighted by atomic mass is 9.95. The van der Waals surface area contributed by atoms with Crippen LogP contribution in [0.4, 0.5) is 0 Å². The van der Waals surface area contributed by atoms with E-state index >= 15 is 0 Å². The van der Waals surface area contributed by atoms with Crippen molar-refractivity contribution in [2.24, 2.45) is 0 Å². The second-order valence-electron chi connectivity index (χ2n) is 4.28. The van der Waals surface area contributed by atoms with Crippen LogP contribution in [0, 0.1) is 0 Å². The molecule has 1 nitrogen and oxygen atoms in total. The zero-order chi connectivity index (χ0) is 10.8. The highest BCUT2D eigenvalue weighted by atomic mass is 14.9. The van der Waals surface area contributed by atoms with Crippen molar-refractivity contribution >= 4 is 0 Å². The zero-order valence-electron chi connectivity index (χ0n) is 9.24. The van der Waals surface area contributed by atoms with E-state index in [9.17, 15) is 0 Å². The van der Waals surface area contributed by atoms with Crippen LogP contribution < -0.4 is 5.32 Å². The molecular formula is C15H15N. The summed E-state index contributed by atoms with van der Waals surface area (Å²) in [5.41, 5.74) is 5.59. The molecule has 0 radical (unpaired) electrons. The Morgan fingerprint density at radius 3 is 2.56 bits per heavy atom. The fourth-order valence-electron chi connectivity index (χ4n) is 2.29. The van der Waals surface area contributed by atoms with Gasteiger partial charge in [-0.3, -0.25) is 0 Å². The number of fused-ring (bicyclic) bond motifs is 1. The second kappa shape index (κ2) is 4.11. The Morgan fingerprint density at radius 1 is 0.812 bits per heavy atom. The van der Waals surface area contributed by atoms with Gasteiger partial charge in [-0.15, -0.1) is 0 Å². The fraction of sp³-hybridized carbons (Fsp3) is 0.200. The minimum absolute atomic E-state index is 1.02. The third-order valence-electron chi connectivity index (χ3n) is 3.20. The van der Waals surface area contributed by atoms with Crippen molar-refractivity contribution in [1.82, 2.24) is 5.32 Å². The topological polar surface area (TPSA) is 12.0 Å². The van der Waals surface area contributed by atoms with Gasteiger partial charge in [0.15, 0.2) is 0 Å². The molecule has 0 unspecified atom stereocenters. The highest BCUT2D eigenvalue weighted by Gasteiger charge is 2.09. The van der Waals surface area contributed by atoms with Crippen molar-refractivity contribution in [2.45, 2.75) is 13.0 Å². The number of hydrogen-bond donors (Lipinski definition) is 1. The Bertz CT molecular complexity index is 488. The molecule has 0 saturated heterocycles. The predicted molar refractivity (Wildman–Crippen MR) is 67.3 cm³/mol. The van der Waals surface area contributed by atoms with E-state index in [0.717, 1.165) is 19.5 Å². The van der Waals surface area contributed by atoms with Gasteiger partial charge in [-0.1, -0.05) is 48.5 Å². The number of rotatable bonds is 1. The largest absolute Gasteiger partial charge is 0.312 e. The molecule has 1 heterocycles. The summed E-state index contributed by atoms with van der Waals surface area (Å²) in [4.78, 5) is 0. The molecule has 1 N–H and O–H groups in total. The van der Waals surface area contributed by atoms with Crippen LogP contribution in [0.1, 0.15) is 11.1 Å². The molecule has 0 fully saturated rings. The van der Waals surface area contributed by atoms with E-state index in [-0.39, 0.29) is 0 Å². The van der Waals surface area contributed by atoms with E-state index in [1.54, 1.807) is 0 Å². The van der Waals surface area contributed by atoms with Crippen molar-refractivity contribution in [1.29, 1.82) is 0 Å². The van der Waals surface area contributed by atoms with Crippen LogP contribution in [-0.4, -0.2) is 6.54 Å². The molecule has 16 heavy (non-hydrogen) atoms. The summed E-state index contributed by atoms with van der Waals surface area (Å²) < 4.78 is 0. The first-order chi connectivity index (χ1) is 7.93. The first-order valence-corrected chi connectivity index (χ1v) is 5.81. The molecule has 2 aromatic carbocycles. The van der Waals surface area contributed by atoms with Gasteiger partial charge < -0.3 is 5.32 Å². The Hall–Kier alpha value is -1.60. The van der Waals surface area contributed by atoms with Crippen LogP contribution in [0.25, 0.3) is 11.1 Å². The number of benzene rings is 2. The maximum absolute atomic E-state index is 3.40. The molecule has 1 aliphatic rings. The van der Waals surface area contributed by atoms with E-state index in [2.05, 4.69) is 53.8 Å². The van der Waals surface area contributed by atoms with E-state index in [0.29, 0.717) is 0 Å². The average molecular weight is 209 g/mol. The fourth-order valence-corrected chi connectivity index (χ4v) is 2.29. The van der Waals surface area contributed by atoms with Gasteiger partial charge in [-0.05, 0) is 35.2 Å². The molecular weight excluding hydrogens is 194 g/mol. The summed E-state index contributed by atoms with van der Waals surface area (Å²) in [6.45, 7) is 2.12. The van der Waals surface area contributed by atoms with Gasteiger partial charge in [-0.2, -0.15) is 0 Å². The van der Waals surface area contributed by atoms with Gasteiger partial charge in [-0.25, -0.2) is 0 Å². The monoisotopic (exact) mass is 209 g/mol. The molecule has 0 aliphatic carbocycles. The van der Waals surface area contributed by atoms with Gasteiger partial charge in [0.25, 0.3) is 0 Å². The quantitative estimate of drug-likeness (QED) is 0.761. The Morgan fingerprint density at radius 2 is 1.69 bits per heavy atom. The molecule has 3 rings (SSSR count). The lowest BCUT2D eigenvalue weighted by Crippen LogP contribution is -2.23. The second-order valence-corrected chi connectivity index (χ2v) is 4.28. The number of nitrogens with one attached hydrogen (secondary N) is 1. The summed E-state index contributed by atoms with van der Waals surface area (Å²) >= 11 is 0. The first kappa shape index (κ1) is 9.61. The molecule has 0 saturated carbocycles. The van der Waals surface area contributed by atoms with Crippen LogP contribution in [0.5, 0.6) is 0 Å². The summed E-state index contributed by atoms with van der Waals surface area (Å²) in [6, 6.07) is 17.4. The van der Waals surface area contributed by atoms with E-state index < -0.39 is 0 Å². The van der Waals surface area contributed by atoms with E-state index in [1.165, 1.54) is 22.3 Å². The summed E-state index contributed by atoms with van der Waals surface area (Å²) in [6.07, 6.45) is 1.15. The van der Waals surface area contributed by atoms with Gasteiger partial charge in [0.1, 0.15) is 0 Å². The highest BCUT2D eigenvalue weighted by Crippen LogP contribution is 2.23. The van der Waals surface area contributed by atoms with Crippen LogP contribution in [0.3, 0.4) is 0 Å². The SMILES string of the molecule is c1ccc(-c2ccc3c(c2)CCNC3)cc1. The normalized spacial score (nSPS) is 14.5. The standard InChI is InChI=1S/C15H15N/c1-2-4-12(5-3-1)13-6-7-15-11-16-9-8-14(15)10-13/h1-7,10,16H,8-9,11H2. The third-order valence-corrected chi connectivity index (χ3v) is 3.20. The zero-order valence-corrected chi connectivity index (χ0v) is 9.24. The van der Waals surface area contributed by atoms with Crippen LogP contribution >= 0.6 is 0 Å². The molecule has 0 aromatic heterocycles. The average Bonchev–Trinajstić information content (AvgIpc) is 2.39. The van der Waals surface area contributed by atoms with E-state index in [4.69, 9.17) is 0 Å². The molecule has 0 atom stereocenters. The summed E-state index contributed by atoms with van der Waals surface area (Å²) in [5.74, 6) is 0. The van der Waals surface area contributed by atoms with Gasteiger partial charge >= 0.3 is 0 Å². The maximum Gasteiger partial charge on any atom is 0.0208 e. The van der Waals surface area contributed by atoms with Gasteiger partial charge in [0.2, 0.25) is 0 Å². The highest BCUT2D eigenvalue weighted by molar-refractivity contribution is 5.64. The Labute approximate surface area is 96.1 Å². The maximum atomic E-state index is 3.40. The van der Waals surface area contributed by atoms with Gasteiger partial charge in [0.05, 0.1) is 0 Å². The lowest BCUT2D eigenvalue weighted by molar-refractivity contribution is 0.644. The first-order valence-electron chi connectivity index (χ1n) is 5.81. The molecule has 1 aliphatic heterocycles. The van der Waals surface area contributed by atoms with Crippen molar-refractivity contribution in [3.63, 3.8) is 0 Å². The molecule has 80 valence electrons. The van der Waals surface area contributed by atoms with Gasteiger partial charge in [0, 0.05) is 6.54 Å². The number of hydrogen-bond acceptors (Lipinski definition) is 1. The molecule has 0 bridgehead atoms. The lowest BCUT2D eigenvalue weighted by Gasteiger charge is -2.17.